The summed E-state index contributed by atoms with van der Waals surface area (Å²) in [7, 11) is 0. The fourth-order valence-corrected chi connectivity index (χ4v) is 5.56. The topological polar surface area (TPSA) is 89.1 Å². The van der Waals surface area contributed by atoms with Gasteiger partial charge in [0, 0.05) is 6.54 Å². The van der Waals surface area contributed by atoms with E-state index >= 15 is 0 Å². The van der Waals surface area contributed by atoms with Crippen molar-refractivity contribution in [1.29, 1.82) is 0 Å². The van der Waals surface area contributed by atoms with Crippen LogP contribution in [0.4, 0.5) is 0 Å². The summed E-state index contributed by atoms with van der Waals surface area (Å²) in [5.41, 5.74) is 1.86. The number of carbonyl (C=O) groups is 2. The summed E-state index contributed by atoms with van der Waals surface area (Å²) >= 11 is 0. The molecular formula is C29H37N3O5. The Labute approximate surface area is 218 Å². The maximum Gasteiger partial charge on any atom is 0.234 e. The Kier molecular flexibility index (Phi) is 8.14. The van der Waals surface area contributed by atoms with Crippen molar-refractivity contribution in [2.24, 2.45) is 5.41 Å². The van der Waals surface area contributed by atoms with Gasteiger partial charge in [-0.15, -0.1) is 0 Å². The Morgan fingerprint density at radius 2 is 1.78 bits per heavy atom. The number of rotatable bonds is 4. The van der Waals surface area contributed by atoms with Crippen molar-refractivity contribution in [3.63, 3.8) is 0 Å². The molecule has 0 aromatic heterocycles. The molecule has 8 heteroatoms. The van der Waals surface area contributed by atoms with Gasteiger partial charge in [-0.25, -0.2) is 0 Å². The van der Waals surface area contributed by atoms with E-state index in [1.807, 2.05) is 30.3 Å². The van der Waals surface area contributed by atoms with Crippen molar-refractivity contribution in [3.8, 4) is 17.2 Å². The molecule has 2 aromatic carbocycles. The summed E-state index contributed by atoms with van der Waals surface area (Å²) in [6, 6.07) is 13.9. The Hall–Kier alpha value is -3.26. The summed E-state index contributed by atoms with van der Waals surface area (Å²) in [4.78, 5) is 28.1. The molecule has 3 heterocycles. The number of nitrogens with one attached hydrogen (secondary N) is 2. The summed E-state index contributed by atoms with van der Waals surface area (Å²) in [5, 5.41) is 6.15. The van der Waals surface area contributed by atoms with Crippen LogP contribution in [0.5, 0.6) is 17.2 Å². The molecular weight excluding hydrogens is 470 g/mol. The first-order valence-corrected chi connectivity index (χ1v) is 13.5. The lowest BCUT2D eigenvalue weighted by Crippen LogP contribution is -2.51. The van der Waals surface area contributed by atoms with E-state index in [0.717, 1.165) is 80.8 Å². The molecule has 0 atom stereocenters. The second-order valence-electron chi connectivity index (χ2n) is 10.3. The van der Waals surface area contributed by atoms with E-state index in [2.05, 4.69) is 27.7 Å². The summed E-state index contributed by atoms with van der Waals surface area (Å²) in [5.74, 6) is 2.51. The first-order valence-electron chi connectivity index (χ1n) is 13.5. The molecule has 0 unspecified atom stereocenters. The molecule has 198 valence electrons. The molecule has 2 N–H and O–H groups in total. The summed E-state index contributed by atoms with van der Waals surface area (Å²) in [6.07, 6.45) is 6.66. The van der Waals surface area contributed by atoms with Crippen LogP contribution in [0.2, 0.25) is 0 Å². The third-order valence-electron chi connectivity index (χ3n) is 7.81. The van der Waals surface area contributed by atoms with Crippen LogP contribution in [0.1, 0.15) is 49.7 Å². The van der Waals surface area contributed by atoms with E-state index in [4.69, 9.17) is 14.2 Å². The number of hydrogen-bond acceptors (Lipinski definition) is 6. The zero-order valence-corrected chi connectivity index (χ0v) is 21.4. The fourth-order valence-electron chi connectivity index (χ4n) is 5.56. The number of para-hydroxylation sites is 1. The van der Waals surface area contributed by atoms with Gasteiger partial charge in [0.05, 0.1) is 18.5 Å². The summed E-state index contributed by atoms with van der Waals surface area (Å²) in [6.45, 7) is 3.48. The molecule has 0 aliphatic carbocycles. The second kappa shape index (κ2) is 11.9. The standard InChI is InChI=1S/C29H37N3O5/c33-27(31-19-22-9-10-25-26(18-22)37-21-36-25)20-32-15-12-29(13-16-32)11-5-1-2-6-23-7-3-4-8-24(23)35-17-14-30-28(29)34/h3-4,7-10,18H,1-2,5-6,11-17,19-21H2,(H,30,34)(H,31,33). The number of carbonyl (C=O) groups excluding carboxylic acids is 2. The van der Waals surface area contributed by atoms with Gasteiger partial charge in [0.25, 0.3) is 0 Å². The smallest absolute Gasteiger partial charge is 0.234 e. The van der Waals surface area contributed by atoms with Gasteiger partial charge in [0.2, 0.25) is 18.6 Å². The molecule has 0 radical (unpaired) electrons. The van der Waals surface area contributed by atoms with Crippen molar-refractivity contribution in [3.05, 3.63) is 53.6 Å². The number of benzene rings is 2. The number of piperidine rings is 1. The predicted molar refractivity (Wildman–Crippen MR) is 140 cm³/mol. The van der Waals surface area contributed by atoms with Crippen LogP contribution < -0.4 is 24.8 Å². The van der Waals surface area contributed by atoms with Gasteiger partial charge in [-0.1, -0.05) is 37.1 Å². The highest BCUT2D eigenvalue weighted by molar-refractivity contribution is 5.83. The van der Waals surface area contributed by atoms with Gasteiger partial charge in [-0.2, -0.15) is 0 Å². The van der Waals surface area contributed by atoms with Gasteiger partial charge >= 0.3 is 0 Å². The van der Waals surface area contributed by atoms with E-state index in [-0.39, 0.29) is 24.0 Å². The lowest BCUT2D eigenvalue weighted by molar-refractivity contribution is -0.135. The largest absolute Gasteiger partial charge is 0.491 e. The number of fused-ring (bicyclic) bond motifs is 2. The molecule has 8 nitrogen and oxygen atoms in total. The highest BCUT2D eigenvalue weighted by atomic mass is 16.7. The number of amides is 2. The third kappa shape index (κ3) is 6.36. The highest BCUT2D eigenvalue weighted by Gasteiger charge is 2.40. The Bertz CT molecular complexity index is 1100. The number of aryl methyl sites for hydroxylation is 1. The first kappa shape index (κ1) is 25.4. The van der Waals surface area contributed by atoms with Crippen LogP contribution in [-0.2, 0) is 22.6 Å². The molecule has 37 heavy (non-hydrogen) atoms. The third-order valence-corrected chi connectivity index (χ3v) is 7.81. The number of ether oxygens (including phenoxy) is 3. The van der Waals surface area contributed by atoms with Gasteiger partial charge < -0.3 is 24.8 Å². The Balaban J connectivity index is 1.11. The van der Waals surface area contributed by atoms with E-state index in [1.54, 1.807) is 0 Å². The van der Waals surface area contributed by atoms with Crippen LogP contribution in [0.25, 0.3) is 0 Å². The number of likely N-dealkylation sites (tertiary alicyclic amines) is 1. The normalized spacial score (nSPS) is 19.9. The van der Waals surface area contributed by atoms with Crippen LogP contribution in [-0.4, -0.2) is 56.3 Å². The van der Waals surface area contributed by atoms with E-state index < -0.39 is 0 Å². The minimum absolute atomic E-state index is 0.00951. The Morgan fingerprint density at radius 1 is 0.946 bits per heavy atom. The van der Waals surface area contributed by atoms with Gasteiger partial charge in [-0.3, -0.25) is 14.5 Å². The number of nitrogens with zero attached hydrogens (tertiary/aromatic N) is 1. The van der Waals surface area contributed by atoms with E-state index in [9.17, 15) is 9.59 Å². The lowest BCUT2D eigenvalue weighted by Gasteiger charge is -2.40. The van der Waals surface area contributed by atoms with E-state index in [1.165, 1.54) is 5.56 Å². The monoisotopic (exact) mass is 507 g/mol. The average molecular weight is 508 g/mol. The predicted octanol–water partition coefficient (Wildman–Crippen LogP) is 3.43. The number of hydrogen-bond donors (Lipinski definition) is 2. The van der Waals surface area contributed by atoms with Crippen LogP contribution in [0.3, 0.4) is 0 Å². The highest BCUT2D eigenvalue weighted by Crippen LogP contribution is 2.37. The average Bonchev–Trinajstić information content (AvgIpc) is 3.39. The SMILES string of the molecule is O=C(CN1CCC2(CCCCCc3ccccc3OCCNC2=O)CC1)NCc1ccc2c(c1)OCO2. The minimum atomic E-state index is -0.361. The van der Waals surface area contributed by atoms with E-state index in [0.29, 0.717) is 26.2 Å². The van der Waals surface area contributed by atoms with Crippen LogP contribution in [0, 0.1) is 5.41 Å². The minimum Gasteiger partial charge on any atom is -0.491 e. The zero-order valence-electron chi connectivity index (χ0n) is 21.4. The molecule has 2 amide bonds. The molecule has 1 saturated heterocycles. The van der Waals surface area contributed by atoms with Gasteiger partial charge in [-0.05, 0) is 74.5 Å². The molecule has 0 bridgehead atoms. The Morgan fingerprint density at radius 3 is 2.68 bits per heavy atom. The van der Waals surface area contributed by atoms with Crippen LogP contribution in [0.15, 0.2) is 42.5 Å². The molecule has 5 rings (SSSR count). The van der Waals surface area contributed by atoms with Crippen LogP contribution >= 0.6 is 0 Å². The van der Waals surface area contributed by atoms with Crippen molar-refractivity contribution in [1.82, 2.24) is 15.5 Å². The van der Waals surface area contributed by atoms with Crippen molar-refractivity contribution < 1.29 is 23.8 Å². The molecule has 0 saturated carbocycles. The van der Waals surface area contributed by atoms with Gasteiger partial charge in [0.15, 0.2) is 11.5 Å². The summed E-state index contributed by atoms with van der Waals surface area (Å²) < 4.78 is 16.7. The maximum atomic E-state index is 13.3. The van der Waals surface area contributed by atoms with Crippen molar-refractivity contribution in [2.45, 2.75) is 51.5 Å². The maximum absolute atomic E-state index is 13.3. The molecule has 2 aromatic rings. The molecule has 1 spiro atoms. The molecule has 3 aliphatic heterocycles. The molecule has 3 aliphatic rings. The van der Waals surface area contributed by atoms with Crippen molar-refractivity contribution in [2.75, 3.05) is 39.6 Å². The lowest BCUT2D eigenvalue weighted by atomic mass is 9.73. The van der Waals surface area contributed by atoms with Crippen molar-refractivity contribution >= 4 is 11.8 Å². The zero-order chi connectivity index (χ0) is 25.5. The van der Waals surface area contributed by atoms with Gasteiger partial charge in [0.1, 0.15) is 12.4 Å². The first-order chi connectivity index (χ1) is 18.1. The molecule has 1 fully saturated rings. The fraction of sp³-hybridized carbons (Fsp3) is 0.517. The quantitative estimate of drug-likeness (QED) is 0.659. The second-order valence-corrected chi connectivity index (χ2v) is 10.3.